The second-order valence-corrected chi connectivity index (χ2v) is 7.66. The fourth-order valence-electron chi connectivity index (χ4n) is 3.82. The summed E-state index contributed by atoms with van der Waals surface area (Å²) in [5.74, 6) is -0.651. The van der Waals surface area contributed by atoms with Crippen LogP contribution in [0.4, 0.5) is 0 Å². The number of carbonyl (C=O) groups is 2. The Hall–Kier alpha value is -2.55. The number of aryl methyl sites for hydroxylation is 1. The van der Waals surface area contributed by atoms with E-state index in [1.54, 1.807) is 0 Å². The summed E-state index contributed by atoms with van der Waals surface area (Å²) < 4.78 is 7.24. The second kappa shape index (κ2) is 10.1. The number of hydrogen-bond donors (Lipinski definition) is 1. The van der Waals surface area contributed by atoms with E-state index in [2.05, 4.69) is 23.7 Å². The first-order valence-corrected chi connectivity index (χ1v) is 10.1. The van der Waals surface area contributed by atoms with Gasteiger partial charge in [0.15, 0.2) is 6.61 Å². The Balaban J connectivity index is 1.98. The van der Waals surface area contributed by atoms with E-state index in [1.807, 2.05) is 26.0 Å². The van der Waals surface area contributed by atoms with E-state index in [9.17, 15) is 14.9 Å². The summed E-state index contributed by atoms with van der Waals surface area (Å²) in [4.78, 5) is 24.4. The monoisotopic (exact) mass is 385 g/mol. The molecule has 1 heterocycles. The largest absolute Gasteiger partial charge is 0.451 e. The Morgan fingerprint density at radius 2 is 2.07 bits per heavy atom. The van der Waals surface area contributed by atoms with Crippen LogP contribution in [0, 0.1) is 31.1 Å². The van der Waals surface area contributed by atoms with Gasteiger partial charge in [-0.3, -0.25) is 4.79 Å². The first kappa shape index (κ1) is 21.7. The van der Waals surface area contributed by atoms with E-state index >= 15 is 0 Å². The molecule has 0 spiro atoms. The highest BCUT2D eigenvalue weighted by Crippen LogP contribution is 2.23. The number of nitriles is 1. The molecule has 0 unspecified atom stereocenters. The van der Waals surface area contributed by atoms with Crippen molar-refractivity contribution in [1.82, 2.24) is 9.88 Å². The molecule has 1 fully saturated rings. The molecule has 0 aliphatic heterocycles. The van der Waals surface area contributed by atoms with Gasteiger partial charge in [0.25, 0.3) is 5.91 Å². The molecule has 0 bridgehead atoms. The Morgan fingerprint density at radius 3 is 2.71 bits per heavy atom. The third kappa shape index (κ3) is 5.48. The minimum atomic E-state index is -0.769. The van der Waals surface area contributed by atoms with Gasteiger partial charge in [-0.2, -0.15) is 5.26 Å². The van der Waals surface area contributed by atoms with Gasteiger partial charge in [0.05, 0.1) is 0 Å². The first-order chi connectivity index (χ1) is 13.4. The lowest BCUT2D eigenvalue weighted by Gasteiger charge is -2.29. The highest BCUT2D eigenvalue weighted by atomic mass is 16.5. The molecule has 0 radical (unpaired) electrons. The summed E-state index contributed by atoms with van der Waals surface area (Å²) in [6.45, 7) is 8.72. The summed E-state index contributed by atoms with van der Waals surface area (Å²) in [6, 6.07) is 3.98. The number of rotatable bonds is 7. The number of nitrogens with zero attached hydrogens (tertiary/aromatic N) is 2. The van der Waals surface area contributed by atoms with Gasteiger partial charge in [0.2, 0.25) is 0 Å². The zero-order valence-corrected chi connectivity index (χ0v) is 17.4. The highest BCUT2D eigenvalue weighted by Gasteiger charge is 2.23. The average Bonchev–Trinajstić information content (AvgIpc) is 2.93. The van der Waals surface area contributed by atoms with Crippen LogP contribution in [0.15, 0.2) is 11.6 Å². The van der Waals surface area contributed by atoms with Crippen LogP contribution in [-0.4, -0.2) is 29.1 Å². The Morgan fingerprint density at radius 1 is 1.36 bits per heavy atom. The molecule has 0 aromatic carbocycles. The highest BCUT2D eigenvalue weighted by molar-refractivity contribution is 5.99. The third-order valence-corrected chi connectivity index (χ3v) is 5.49. The van der Waals surface area contributed by atoms with Gasteiger partial charge in [-0.15, -0.1) is 0 Å². The van der Waals surface area contributed by atoms with Gasteiger partial charge in [-0.1, -0.05) is 26.7 Å². The van der Waals surface area contributed by atoms with Crippen molar-refractivity contribution in [3.05, 3.63) is 28.6 Å². The summed E-state index contributed by atoms with van der Waals surface area (Å²) in [7, 11) is 0. The molecule has 6 nitrogen and oxygen atoms in total. The van der Waals surface area contributed by atoms with Gasteiger partial charge in [0, 0.05) is 24.0 Å². The normalized spacial score (nSPS) is 19.8. The van der Waals surface area contributed by atoms with Crippen molar-refractivity contribution in [3.63, 3.8) is 0 Å². The molecule has 1 aliphatic rings. The minimum absolute atomic E-state index is 0.101. The minimum Gasteiger partial charge on any atom is -0.451 e. The quantitative estimate of drug-likeness (QED) is 0.441. The van der Waals surface area contributed by atoms with E-state index in [0.29, 0.717) is 5.92 Å². The SMILES string of the molecule is CCCn1c(C)cc(/C=C(\C#N)C(=O)OCC(=O)N[C@@H]2CCCC[C@H]2C)c1C. The molecule has 1 aromatic heterocycles. The van der Waals surface area contributed by atoms with Crippen molar-refractivity contribution in [1.29, 1.82) is 5.26 Å². The maximum atomic E-state index is 12.3. The Labute approximate surface area is 167 Å². The molecule has 6 heteroatoms. The molecule has 28 heavy (non-hydrogen) atoms. The van der Waals surface area contributed by atoms with Crippen molar-refractivity contribution in [2.75, 3.05) is 6.61 Å². The van der Waals surface area contributed by atoms with Crippen molar-refractivity contribution in [2.45, 2.75) is 72.4 Å². The second-order valence-electron chi connectivity index (χ2n) is 7.66. The van der Waals surface area contributed by atoms with Crippen LogP contribution in [0.5, 0.6) is 0 Å². The van der Waals surface area contributed by atoms with Crippen LogP contribution < -0.4 is 5.32 Å². The van der Waals surface area contributed by atoms with Crippen LogP contribution in [0.1, 0.15) is 62.9 Å². The molecular formula is C22H31N3O3. The van der Waals surface area contributed by atoms with E-state index < -0.39 is 5.97 Å². The van der Waals surface area contributed by atoms with Gasteiger partial charge in [-0.25, -0.2) is 4.79 Å². The van der Waals surface area contributed by atoms with Crippen molar-refractivity contribution in [3.8, 4) is 6.07 Å². The summed E-state index contributed by atoms with van der Waals surface area (Å²) in [6.07, 6.45) is 6.89. The third-order valence-electron chi connectivity index (χ3n) is 5.49. The predicted octanol–water partition coefficient (Wildman–Crippen LogP) is 3.66. The van der Waals surface area contributed by atoms with Crippen LogP contribution in [0.25, 0.3) is 6.08 Å². The average molecular weight is 386 g/mol. The number of aromatic nitrogens is 1. The lowest BCUT2D eigenvalue weighted by molar-refractivity contribution is -0.144. The molecule has 1 N–H and O–H groups in total. The van der Waals surface area contributed by atoms with Gasteiger partial charge in [-0.05, 0) is 56.7 Å². The summed E-state index contributed by atoms with van der Waals surface area (Å²) in [5, 5.41) is 12.3. The summed E-state index contributed by atoms with van der Waals surface area (Å²) in [5.41, 5.74) is 2.80. The van der Waals surface area contributed by atoms with Gasteiger partial charge >= 0.3 is 5.97 Å². The smallest absolute Gasteiger partial charge is 0.349 e. The maximum Gasteiger partial charge on any atom is 0.349 e. The Bertz CT molecular complexity index is 786. The molecule has 2 rings (SSSR count). The zero-order valence-electron chi connectivity index (χ0n) is 17.4. The van der Waals surface area contributed by atoms with E-state index in [0.717, 1.165) is 49.2 Å². The number of nitrogens with one attached hydrogen (secondary N) is 1. The lowest BCUT2D eigenvalue weighted by atomic mass is 9.86. The van der Waals surface area contributed by atoms with E-state index in [4.69, 9.17) is 4.74 Å². The molecule has 1 aliphatic carbocycles. The maximum absolute atomic E-state index is 12.3. The topological polar surface area (TPSA) is 84.1 Å². The van der Waals surface area contributed by atoms with Crippen LogP contribution in [-0.2, 0) is 20.9 Å². The standard InChI is InChI=1S/C22H31N3O3/c1-5-10-25-16(3)11-18(17(25)4)12-19(13-23)22(27)28-14-21(26)24-20-9-7-6-8-15(20)2/h11-12,15,20H,5-10,14H2,1-4H3,(H,24,26)/b19-12+/t15-,20-/m1/s1. The Kier molecular flexibility index (Phi) is 7.86. The number of amides is 1. The fraction of sp³-hybridized carbons (Fsp3) is 0.591. The molecule has 2 atom stereocenters. The van der Waals surface area contributed by atoms with Gasteiger partial charge in [0.1, 0.15) is 11.6 Å². The predicted molar refractivity (Wildman–Crippen MR) is 108 cm³/mol. The van der Waals surface area contributed by atoms with Crippen LogP contribution in [0.2, 0.25) is 0 Å². The molecule has 152 valence electrons. The van der Waals surface area contributed by atoms with Crippen molar-refractivity contribution >= 4 is 18.0 Å². The van der Waals surface area contributed by atoms with Crippen molar-refractivity contribution < 1.29 is 14.3 Å². The molecule has 0 saturated heterocycles. The number of esters is 1. The first-order valence-electron chi connectivity index (χ1n) is 10.1. The zero-order chi connectivity index (χ0) is 20.7. The summed E-state index contributed by atoms with van der Waals surface area (Å²) >= 11 is 0. The van der Waals surface area contributed by atoms with Crippen molar-refractivity contribution in [2.24, 2.45) is 5.92 Å². The van der Waals surface area contributed by atoms with Crippen LogP contribution >= 0.6 is 0 Å². The number of ether oxygens (including phenoxy) is 1. The molecule has 1 saturated carbocycles. The number of hydrogen-bond acceptors (Lipinski definition) is 4. The van der Waals surface area contributed by atoms with Crippen LogP contribution in [0.3, 0.4) is 0 Å². The van der Waals surface area contributed by atoms with E-state index in [1.165, 1.54) is 12.5 Å². The van der Waals surface area contributed by atoms with E-state index in [-0.39, 0.29) is 24.1 Å². The van der Waals surface area contributed by atoms with Gasteiger partial charge < -0.3 is 14.6 Å². The fourth-order valence-corrected chi connectivity index (χ4v) is 3.82. The molecule has 1 aromatic rings. The molecular weight excluding hydrogens is 354 g/mol. The number of carbonyl (C=O) groups excluding carboxylic acids is 2. The molecule has 1 amide bonds. The lowest BCUT2D eigenvalue weighted by Crippen LogP contribution is -2.42.